The minimum absolute atomic E-state index is 0.0297. The van der Waals surface area contributed by atoms with Gasteiger partial charge >= 0.3 is 0 Å². The van der Waals surface area contributed by atoms with Gasteiger partial charge in [0.25, 0.3) is 5.91 Å². The summed E-state index contributed by atoms with van der Waals surface area (Å²) in [7, 11) is 1.53. The number of pyridine rings is 4. The number of carbonyl (C=O) groups excluding carboxylic acids is 1. The zero-order valence-corrected chi connectivity index (χ0v) is 21.4. The molecular formula is C28H22F2N8O2. The van der Waals surface area contributed by atoms with Gasteiger partial charge in [0, 0.05) is 48.5 Å². The van der Waals surface area contributed by atoms with E-state index >= 15 is 0 Å². The number of halogens is 2. The number of aromatic nitrogens is 6. The van der Waals surface area contributed by atoms with Crippen molar-refractivity contribution in [3.63, 3.8) is 0 Å². The minimum Gasteiger partial charge on any atom is -0.481 e. The maximum atomic E-state index is 15.0. The summed E-state index contributed by atoms with van der Waals surface area (Å²) in [4.78, 5) is 37.2. The maximum absolute atomic E-state index is 15.0. The summed E-state index contributed by atoms with van der Waals surface area (Å²) < 4.78 is 34.9. The molecule has 0 atom stereocenters. The third-order valence-corrected chi connectivity index (χ3v) is 5.80. The maximum Gasteiger partial charge on any atom is 0.273 e. The molecule has 5 aromatic rings. The number of carbonyl (C=O) groups is 1. The highest BCUT2D eigenvalue weighted by Gasteiger charge is 2.21. The minimum atomic E-state index is -1.08. The predicted molar refractivity (Wildman–Crippen MR) is 143 cm³/mol. The molecule has 0 aliphatic rings. The van der Waals surface area contributed by atoms with Crippen molar-refractivity contribution in [2.24, 2.45) is 0 Å². The summed E-state index contributed by atoms with van der Waals surface area (Å²) in [5.41, 5.74) is 2.49. The fourth-order valence-electron chi connectivity index (χ4n) is 3.67. The van der Waals surface area contributed by atoms with Crippen LogP contribution in [-0.2, 0) is 6.54 Å². The average molecular weight is 541 g/mol. The fourth-order valence-corrected chi connectivity index (χ4v) is 3.67. The number of nitrogens with one attached hydrogen (secondary N) is 2. The Morgan fingerprint density at radius 3 is 2.55 bits per heavy atom. The number of amides is 1. The van der Waals surface area contributed by atoms with Crippen LogP contribution in [0, 0.1) is 18.7 Å². The molecule has 0 aromatic carbocycles. The first-order valence-corrected chi connectivity index (χ1v) is 12.0. The zero-order valence-electron chi connectivity index (χ0n) is 21.4. The molecule has 0 unspecified atom stereocenters. The third kappa shape index (κ3) is 5.85. The molecule has 0 fully saturated rings. The van der Waals surface area contributed by atoms with Crippen molar-refractivity contribution in [3.05, 3.63) is 102 Å². The Morgan fingerprint density at radius 1 is 0.975 bits per heavy atom. The highest BCUT2D eigenvalue weighted by atomic mass is 19.1. The summed E-state index contributed by atoms with van der Waals surface area (Å²) in [6.07, 6.45) is 7.90. The molecule has 0 bridgehead atoms. The normalized spacial score (nSPS) is 10.7. The summed E-state index contributed by atoms with van der Waals surface area (Å²) in [6.45, 7) is 1.80. The summed E-state index contributed by atoms with van der Waals surface area (Å²) in [5.74, 6) is -2.19. The molecule has 0 saturated carbocycles. The van der Waals surface area contributed by atoms with E-state index in [4.69, 9.17) is 4.74 Å². The molecule has 200 valence electrons. The summed E-state index contributed by atoms with van der Waals surface area (Å²) in [6, 6.07) is 11.4. The van der Waals surface area contributed by atoms with Crippen molar-refractivity contribution >= 4 is 17.4 Å². The van der Waals surface area contributed by atoms with Gasteiger partial charge in [-0.25, -0.2) is 24.3 Å². The van der Waals surface area contributed by atoms with Crippen LogP contribution in [0.3, 0.4) is 0 Å². The Hall–Kier alpha value is -5.39. The van der Waals surface area contributed by atoms with E-state index in [1.54, 1.807) is 62.0 Å². The van der Waals surface area contributed by atoms with E-state index in [1.807, 2.05) is 6.07 Å². The number of rotatable bonds is 8. The van der Waals surface area contributed by atoms with Crippen molar-refractivity contribution in [2.75, 3.05) is 12.4 Å². The van der Waals surface area contributed by atoms with Gasteiger partial charge < -0.3 is 15.4 Å². The van der Waals surface area contributed by atoms with E-state index in [-0.39, 0.29) is 17.9 Å². The van der Waals surface area contributed by atoms with Gasteiger partial charge in [-0.15, -0.1) is 0 Å². The average Bonchev–Trinajstić information content (AvgIpc) is 2.99. The van der Waals surface area contributed by atoms with Crippen molar-refractivity contribution < 1.29 is 18.3 Å². The van der Waals surface area contributed by atoms with Crippen LogP contribution in [0.15, 0.2) is 73.4 Å². The Kier molecular flexibility index (Phi) is 7.58. The van der Waals surface area contributed by atoms with Crippen LogP contribution in [0.1, 0.15) is 21.6 Å². The van der Waals surface area contributed by atoms with E-state index in [0.717, 1.165) is 11.6 Å². The van der Waals surface area contributed by atoms with Crippen molar-refractivity contribution in [2.45, 2.75) is 13.5 Å². The molecule has 0 aliphatic carbocycles. The monoisotopic (exact) mass is 540 g/mol. The highest BCUT2D eigenvalue weighted by molar-refractivity contribution is 5.92. The number of hydrogen-bond donors (Lipinski definition) is 2. The van der Waals surface area contributed by atoms with Gasteiger partial charge in [0.1, 0.15) is 5.82 Å². The first kappa shape index (κ1) is 26.2. The van der Waals surface area contributed by atoms with Gasteiger partial charge in [-0.3, -0.25) is 14.8 Å². The molecule has 0 spiro atoms. The van der Waals surface area contributed by atoms with E-state index in [9.17, 15) is 13.6 Å². The number of nitrogens with zero attached hydrogens (tertiary/aromatic N) is 6. The van der Waals surface area contributed by atoms with Gasteiger partial charge in [-0.1, -0.05) is 6.07 Å². The number of methoxy groups -OCH3 is 1. The lowest BCUT2D eigenvalue weighted by atomic mass is 10.1. The van der Waals surface area contributed by atoms with Gasteiger partial charge in [-0.2, -0.15) is 4.39 Å². The second-order valence-corrected chi connectivity index (χ2v) is 8.57. The molecule has 0 saturated heterocycles. The molecule has 2 N–H and O–H groups in total. The van der Waals surface area contributed by atoms with Crippen LogP contribution >= 0.6 is 0 Å². The lowest BCUT2D eigenvalue weighted by Gasteiger charge is -2.11. The SMILES string of the molecule is COc1ccc(-c2ccc(CNC(=O)c3nc(F)c(-c4ncc(C)c(Nc5cccnc5)n4)cc3F)cn2)cn1. The zero-order chi connectivity index (χ0) is 28.1. The smallest absolute Gasteiger partial charge is 0.273 e. The van der Waals surface area contributed by atoms with Crippen LogP contribution in [0.2, 0.25) is 0 Å². The number of ether oxygens (including phenoxy) is 1. The molecule has 5 heterocycles. The van der Waals surface area contributed by atoms with Crippen molar-refractivity contribution in [1.82, 2.24) is 35.2 Å². The van der Waals surface area contributed by atoms with Crippen LogP contribution < -0.4 is 15.4 Å². The Bertz CT molecular complexity index is 1650. The topological polar surface area (TPSA) is 128 Å². The fraction of sp³-hybridized carbons (Fsp3) is 0.107. The van der Waals surface area contributed by atoms with Crippen molar-refractivity contribution in [1.29, 1.82) is 0 Å². The molecule has 10 nitrogen and oxygen atoms in total. The molecule has 1 amide bonds. The largest absolute Gasteiger partial charge is 0.481 e. The Balaban J connectivity index is 1.28. The van der Waals surface area contributed by atoms with Gasteiger partial charge in [0.05, 0.1) is 30.3 Å². The van der Waals surface area contributed by atoms with Crippen molar-refractivity contribution in [3.8, 4) is 28.5 Å². The summed E-state index contributed by atoms with van der Waals surface area (Å²) in [5, 5.41) is 5.60. The summed E-state index contributed by atoms with van der Waals surface area (Å²) >= 11 is 0. The first-order chi connectivity index (χ1) is 19.4. The predicted octanol–water partition coefficient (Wildman–Crippen LogP) is 4.66. The lowest BCUT2D eigenvalue weighted by Crippen LogP contribution is -2.25. The molecule has 40 heavy (non-hydrogen) atoms. The highest BCUT2D eigenvalue weighted by Crippen LogP contribution is 2.25. The second-order valence-electron chi connectivity index (χ2n) is 8.57. The third-order valence-electron chi connectivity index (χ3n) is 5.80. The van der Waals surface area contributed by atoms with E-state index < -0.39 is 23.4 Å². The molecule has 12 heteroatoms. The van der Waals surface area contributed by atoms with Crippen LogP contribution in [0.5, 0.6) is 5.88 Å². The molecule has 5 aromatic heterocycles. The standard InChI is InChI=1S/C28H22F2N8O2/c1-16-11-34-27(38-26(16)36-19-4-3-9-31-15-19)20-10-21(29)24(37-25(20)30)28(39)35-13-17-5-7-22(32-12-17)18-6-8-23(40-2)33-14-18/h3-12,14-15H,13H2,1-2H3,(H,35,39)(H,34,36,38). The molecule has 0 aliphatic heterocycles. The van der Waals surface area contributed by atoms with Gasteiger partial charge in [0.15, 0.2) is 17.3 Å². The second kappa shape index (κ2) is 11.6. The van der Waals surface area contributed by atoms with E-state index in [0.29, 0.717) is 34.2 Å². The van der Waals surface area contributed by atoms with Crippen LogP contribution in [0.25, 0.3) is 22.6 Å². The molecule has 0 radical (unpaired) electrons. The number of aryl methyl sites for hydroxylation is 1. The Labute approximate surface area is 227 Å². The number of anilines is 2. The Morgan fingerprint density at radius 2 is 1.85 bits per heavy atom. The van der Waals surface area contributed by atoms with Crippen LogP contribution in [0.4, 0.5) is 20.3 Å². The van der Waals surface area contributed by atoms with E-state index in [1.165, 1.54) is 13.3 Å². The molecular weight excluding hydrogens is 518 g/mol. The molecule has 5 rings (SSSR count). The quantitative estimate of drug-likeness (QED) is 0.270. The van der Waals surface area contributed by atoms with E-state index in [2.05, 4.69) is 40.5 Å². The number of hydrogen-bond acceptors (Lipinski definition) is 9. The van der Waals surface area contributed by atoms with Crippen LogP contribution in [-0.4, -0.2) is 42.9 Å². The van der Waals surface area contributed by atoms with Gasteiger partial charge in [0.2, 0.25) is 11.8 Å². The lowest BCUT2D eigenvalue weighted by molar-refractivity contribution is 0.0940. The van der Waals surface area contributed by atoms with Gasteiger partial charge in [-0.05, 0) is 42.8 Å². The first-order valence-electron chi connectivity index (χ1n) is 12.0.